The molecular formula is C23H17FN4O. The van der Waals surface area contributed by atoms with Crippen LogP contribution in [0.5, 0.6) is 0 Å². The summed E-state index contributed by atoms with van der Waals surface area (Å²) in [5, 5.41) is 20.4. The van der Waals surface area contributed by atoms with Crippen molar-refractivity contribution in [1.29, 1.82) is 0 Å². The first-order valence-electron chi connectivity index (χ1n) is 9.31. The molecule has 1 unspecified atom stereocenters. The summed E-state index contributed by atoms with van der Waals surface area (Å²) in [4.78, 5) is 4.83. The molecule has 0 aliphatic heterocycles. The number of aromatic nitrogens is 4. The van der Waals surface area contributed by atoms with Crippen LogP contribution >= 0.6 is 0 Å². The first-order chi connectivity index (χ1) is 14.2. The number of hydrogen-bond acceptors (Lipinski definition) is 4. The van der Waals surface area contributed by atoms with Gasteiger partial charge in [0.2, 0.25) is 0 Å². The van der Waals surface area contributed by atoms with E-state index < -0.39 is 6.10 Å². The van der Waals surface area contributed by atoms with Crippen molar-refractivity contribution in [3.05, 3.63) is 107 Å². The molecule has 0 aliphatic rings. The molecule has 142 valence electrons. The third-order valence-electron chi connectivity index (χ3n) is 4.98. The molecular weight excluding hydrogens is 367 g/mol. The molecule has 5 nitrogen and oxygen atoms in total. The number of aliphatic hydroxyl groups is 1. The molecule has 2 heterocycles. The van der Waals surface area contributed by atoms with Crippen LogP contribution in [0.1, 0.15) is 28.9 Å². The molecule has 6 heteroatoms. The van der Waals surface area contributed by atoms with E-state index >= 15 is 0 Å². The summed E-state index contributed by atoms with van der Waals surface area (Å²) in [6, 6.07) is 23.5. The van der Waals surface area contributed by atoms with Crippen LogP contribution in [0.3, 0.4) is 0 Å². The van der Waals surface area contributed by atoms with Crippen molar-refractivity contribution in [2.75, 3.05) is 0 Å². The number of rotatable bonds is 4. The Labute approximate surface area is 166 Å². The van der Waals surface area contributed by atoms with E-state index in [2.05, 4.69) is 10.2 Å². The Bertz CT molecular complexity index is 1300. The third kappa shape index (κ3) is 3.13. The third-order valence-corrected chi connectivity index (χ3v) is 4.98. The van der Waals surface area contributed by atoms with Gasteiger partial charge in [-0.3, -0.25) is 4.40 Å². The maximum absolute atomic E-state index is 13.3. The van der Waals surface area contributed by atoms with Crippen molar-refractivity contribution in [2.45, 2.75) is 12.5 Å². The number of benzene rings is 3. The van der Waals surface area contributed by atoms with Gasteiger partial charge in [0, 0.05) is 11.8 Å². The standard InChI is InChI=1S/C23H17FN4O/c24-17-12-10-16(11-13-17)21(29)23-27-26-22-18-8-4-5-9-19(18)25-20(28(22)23)14-15-6-2-1-3-7-15/h1-13,21,29H,14H2. The van der Waals surface area contributed by atoms with E-state index in [4.69, 9.17) is 4.98 Å². The number of nitrogens with zero attached hydrogens (tertiary/aromatic N) is 4. The molecule has 1 N–H and O–H groups in total. The van der Waals surface area contributed by atoms with Crippen LogP contribution in [-0.4, -0.2) is 24.7 Å². The summed E-state index contributed by atoms with van der Waals surface area (Å²) in [5.41, 5.74) is 3.09. The fourth-order valence-electron chi connectivity index (χ4n) is 3.54. The molecule has 1 atom stereocenters. The zero-order valence-electron chi connectivity index (χ0n) is 15.4. The van der Waals surface area contributed by atoms with Gasteiger partial charge in [0.05, 0.1) is 5.52 Å². The summed E-state index contributed by atoms with van der Waals surface area (Å²) >= 11 is 0. The van der Waals surface area contributed by atoms with Crippen LogP contribution < -0.4 is 0 Å². The first-order valence-corrected chi connectivity index (χ1v) is 9.31. The van der Waals surface area contributed by atoms with Crippen molar-refractivity contribution < 1.29 is 9.50 Å². The fourth-order valence-corrected chi connectivity index (χ4v) is 3.54. The Hall–Kier alpha value is -3.64. The molecule has 29 heavy (non-hydrogen) atoms. The minimum Gasteiger partial charge on any atom is -0.380 e. The fraction of sp³-hybridized carbons (Fsp3) is 0.0870. The van der Waals surface area contributed by atoms with Crippen molar-refractivity contribution in [1.82, 2.24) is 19.6 Å². The number of hydrogen-bond donors (Lipinski definition) is 1. The first kappa shape index (κ1) is 17.5. The molecule has 0 radical (unpaired) electrons. The van der Waals surface area contributed by atoms with Gasteiger partial charge in [-0.05, 0) is 35.4 Å². The van der Waals surface area contributed by atoms with Crippen molar-refractivity contribution in [2.24, 2.45) is 0 Å². The Morgan fingerprint density at radius 1 is 0.862 bits per heavy atom. The summed E-state index contributed by atoms with van der Waals surface area (Å²) in [7, 11) is 0. The van der Waals surface area contributed by atoms with Crippen molar-refractivity contribution >= 4 is 16.6 Å². The summed E-state index contributed by atoms with van der Waals surface area (Å²) in [6.07, 6.45) is -0.494. The highest BCUT2D eigenvalue weighted by molar-refractivity contribution is 5.91. The van der Waals surface area contributed by atoms with E-state index in [-0.39, 0.29) is 5.82 Å². The quantitative estimate of drug-likeness (QED) is 0.507. The lowest BCUT2D eigenvalue weighted by molar-refractivity contribution is 0.208. The molecule has 5 rings (SSSR count). The van der Waals surface area contributed by atoms with Crippen LogP contribution in [0.4, 0.5) is 4.39 Å². The maximum atomic E-state index is 13.3. The smallest absolute Gasteiger partial charge is 0.172 e. The molecule has 0 aliphatic carbocycles. The molecule has 0 spiro atoms. The molecule has 2 aromatic heterocycles. The summed E-state index contributed by atoms with van der Waals surface area (Å²) < 4.78 is 15.1. The average Bonchev–Trinajstić information content (AvgIpc) is 3.20. The molecule has 3 aromatic carbocycles. The number of aliphatic hydroxyl groups excluding tert-OH is 1. The highest BCUT2D eigenvalue weighted by atomic mass is 19.1. The Morgan fingerprint density at radius 2 is 1.59 bits per heavy atom. The predicted octanol–water partition coefficient (Wildman–Crippen LogP) is 4.09. The second-order valence-electron chi connectivity index (χ2n) is 6.88. The topological polar surface area (TPSA) is 63.3 Å². The second kappa shape index (κ2) is 7.07. The summed E-state index contributed by atoms with van der Waals surface area (Å²) in [5.74, 6) is 0.728. The normalized spacial score (nSPS) is 12.5. The van der Waals surface area contributed by atoms with Gasteiger partial charge in [-0.2, -0.15) is 0 Å². The lowest BCUT2D eigenvalue weighted by Gasteiger charge is -2.13. The van der Waals surface area contributed by atoms with Gasteiger partial charge in [0.15, 0.2) is 11.5 Å². The van der Waals surface area contributed by atoms with Crippen LogP contribution in [0.2, 0.25) is 0 Å². The lowest BCUT2D eigenvalue weighted by atomic mass is 10.1. The zero-order chi connectivity index (χ0) is 19.8. The lowest BCUT2D eigenvalue weighted by Crippen LogP contribution is -2.11. The average molecular weight is 384 g/mol. The SMILES string of the molecule is OC(c1ccc(F)cc1)c1nnc2c3ccccc3nc(Cc3ccccc3)n12. The zero-order valence-corrected chi connectivity index (χ0v) is 15.4. The molecule has 0 bridgehead atoms. The Morgan fingerprint density at radius 3 is 2.38 bits per heavy atom. The summed E-state index contributed by atoms with van der Waals surface area (Å²) in [6.45, 7) is 0. The van der Waals surface area contributed by atoms with Crippen molar-refractivity contribution in [3.8, 4) is 0 Å². The minimum atomic E-state index is -1.05. The van der Waals surface area contributed by atoms with Crippen LogP contribution in [0, 0.1) is 5.82 Å². The molecule has 0 amide bonds. The van der Waals surface area contributed by atoms with Gasteiger partial charge in [-0.15, -0.1) is 10.2 Å². The van der Waals surface area contributed by atoms with E-state index in [1.54, 1.807) is 12.1 Å². The highest BCUT2D eigenvalue weighted by Gasteiger charge is 2.22. The van der Waals surface area contributed by atoms with Gasteiger partial charge >= 0.3 is 0 Å². The van der Waals surface area contributed by atoms with Crippen LogP contribution in [0.25, 0.3) is 16.6 Å². The van der Waals surface area contributed by atoms with Crippen LogP contribution in [-0.2, 0) is 6.42 Å². The Kier molecular flexibility index (Phi) is 4.26. The molecule has 0 saturated carbocycles. The largest absolute Gasteiger partial charge is 0.380 e. The number of para-hydroxylation sites is 1. The van der Waals surface area contributed by atoms with Gasteiger partial charge in [-0.1, -0.05) is 54.6 Å². The maximum Gasteiger partial charge on any atom is 0.172 e. The van der Waals surface area contributed by atoms with Gasteiger partial charge in [-0.25, -0.2) is 9.37 Å². The van der Waals surface area contributed by atoms with Crippen molar-refractivity contribution in [3.63, 3.8) is 0 Å². The number of fused-ring (bicyclic) bond motifs is 3. The van der Waals surface area contributed by atoms with E-state index in [1.807, 2.05) is 59.0 Å². The van der Waals surface area contributed by atoms with Gasteiger partial charge in [0.1, 0.15) is 17.7 Å². The Balaban J connectivity index is 1.72. The highest BCUT2D eigenvalue weighted by Crippen LogP contribution is 2.26. The van der Waals surface area contributed by atoms with Crippen LogP contribution in [0.15, 0.2) is 78.9 Å². The van der Waals surface area contributed by atoms with E-state index in [1.165, 1.54) is 12.1 Å². The second-order valence-corrected chi connectivity index (χ2v) is 6.88. The molecule has 5 aromatic rings. The molecule has 0 fully saturated rings. The van der Waals surface area contributed by atoms with Gasteiger partial charge in [0.25, 0.3) is 0 Å². The monoisotopic (exact) mass is 384 g/mol. The van der Waals surface area contributed by atoms with E-state index in [0.717, 1.165) is 22.3 Å². The number of halogens is 1. The molecule has 0 saturated heterocycles. The van der Waals surface area contributed by atoms with Gasteiger partial charge < -0.3 is 5.11 Å². The predicted molar refractivity (Wildman–Crippen MR) is 108 cm³/mol. The van der Waals surface area contributed by atoms with E-state index in [0.29, 0.717) is 23.5 Å². The van der Waals surface area contributed by atoms with E-state index in [9.17, 15) is 9.50 Å². The minimum absolute atomic E-state index is 0.357.